The fourth-order valence-corrected chi connectivity index (χ4v) is 1.79. The molecule has 1 aromatic carbocycles. The molecule has 0 atom stereocenters. The third-order valence-corrected chi connectivity index (χ3v) is 2.84. The lowest BCUT2D eigenvalue weighted by Gasteiger charge is -2.02. The normalized spacial score (nSPS) is 10.3. The Morgan fingerprint density at radius 3 is 2.68 bits per heavy atom. The predicted molar refractivity (Wildman–Crippen MR) is 68.6 cm³/mol. The average molecular weight is 259 g/mol. The number of carbonyl (C=O) groups excluding carboxylic acids is 1. The van der Waals surface area contributed by atoms with Crippen molar-refractivity contribution in [3.63, 3.8) is 0 Å². The molecule has 2 rings (SSSR count). The highest BCUT2D eigenvalue weighted by Gasteiger charge is 2.08. The summed E-state index contributed by atoms with van der Waals surface area (Å²) >= 11 is 0. The standard InChI is InChI=1S/C14H14N2O3/c15-14(19)11-2-1-6-16(9-11)7-5-10-3-4-12(17)13(18)8-10/h1-4,6,8-9H,5,7H2,(H3-,15,17,18,19)/p+1. The maximum Gasteiger partial charge on any atom is 0.254 e. The lowest BCUT2D eigenvalue weighted by atomic mass is 10.1. The van der Waals surface area contributed by atoms with Gasteiger partial charge in [0, 0.05) is 12.5 Å². The molecule has 5 nitrogen and oxygen atoms in total. The first kappa shape index (κ1) is 12.9. The molecule has 0 aliphatic rings. The van der Waals surface area contributed by atoms with Gasteiger partial charge in [0.15, 0.2) is 30.4 Å². The molecule has 4 N–H and O–H groups in total. The van der Waals surface area contributed by atoms with E-state index in [0.717, 1.165) is 5.56 Å². The molecule has 1 amide bonds. The molecule has 0 radical (unpaired) electrons. The molecule has 98 valence electrons. The number of phenolic OH excluding ortho intramolecular Hbond substituents is 2. The first-order valence-electron chi connectivity index (χ1n) is 5.86. The van der Waals surface area contributed by atoms with E-state index in [1.54, 1.807) is 24.4 Å². The molecule has 1 aromatic heterocycles. The Kier molecular flexibility index (Phi) is 3.66. The van der Waals surface area contributed by atoms with Crippen LogP contribution in [0.4, 0.5) is 0 Å². The van der Waals surface area contributed by atoms with E-state index in [0.29, 0.717) is 18.5 Å². The number of amides is 1. The van der Waals surface area contributed by atoms with Crippen molar-refractivity contribution >= 4 is 5.91 Å². The van der Waals surface area contributed by atoms with Crippen LogP contribution in [-0.4, -0.2) is 16.1 Å². The maximum absolute atomic E-state index is 11.1. The molecule has 0 saturated heterocycles. The van der Waals surface area contributed by atoms with Gasteiger partial charge in [0.05, 0.1) is 0 Å². The first-order chi connectivity index (χ1) is 9.06. The number of rotatable bonds is 4. The number of hydrogen-bond donors (Lipinski definition) is 3. The van der Waals surface area contributed by atoms with Gasteiger partial charge in [0.1, 0.15) is 5.56 Å². The average Bonchev–Trinajstić information content (AvgIpc) is 2.40. The lowest BCUT2D eigenvalue weighted by Crippen LogP contribution is -2.35. The smallest absolute Gasteiger partial charge is 0.254 e. The monoisotopic (exact) mass is 259 g/mol. The summed E-state index contributed by atoms with van der Waals surface area (Å²) in [5, 5.41) is 18.6. The Labute approximate surface area is 110 Å². The van der Waals surface area contributed by atoms with E-state index in [9.17, 15) is 15.0 Å². The summed E-state index contributed by atoms with van der Waals surface area (Å²) < 4.78 is 1.85. The summed E-state index contributed by atoms with van der Waals surface area (Å²) in [7, 11) is 0. The summed E-state index contributed by atoms with van der Waals surface area (Å²) in [4.78, 5) is 11.1. The topological polar surface area (TPSA) is 87.4 Å². The van der Waals surface area contributed by atoms with Crippen molar-refractivity contribution in [3.05, 3.63) is 53.9 Å². The summed E-state index contributed by atoms with van der Waals surface area (Å²) in [5.74, 6) is -0.725. The van der Waals surface area contributed by atoms with E-state index in [1.807, 2.05) is 10.8 Å². The molecule has 2 aromatic rings. The minimum absolute atomic E-state index is 0.131. The minimum Gasteiger partial charge on any atom is -0.504 e. The number of benzene rings is 1. The molecule has 0 aliphatic carbocycles. The quantitative estimate of drug-likeness (QED) is 0.558. The fourth-order valence-electron chi connectivity index (χ4n) is 1.79. The molecule has 0 spiro atoms. The SMILES string of the molecule is NC(=O)c1ccc[n+](CCc2ccc(O)c(O)c2)c1. The molecular weight excluding hydrogens is 244 g/mol. The predicted octanol–water partition coefficient (Wildman–Crippen LogP) is 0.727. The number of aromatic hydroxyl groups is 2. The number of primary amides is 1. The largest absolute Gasteiger partial charge is 0.504 e. The van der Waals surface area contributed by atoms with E-state index in [-0.39, 0.29) is 11.5 Å². The van der Waals surface area contributed by atoms with Crippen LogP contribution in [0.5, 0.6) is 11.5 Å². The Bertz CT molecular complexity index is 611. The van der Waals surface area contributed by atoms with Crippen molar-refractivity contribution in [2.24, 2.45) is 5.73 Å². The summed E-state index contributed by atoms with van der Waals surface area (Å²) in [6, 6.07) is 8.14. The van der Waals surface area contributed by atoms with Gasteiger partial charge in [-0.3, -0.25) is 4.79 Å². The molecular formula is C14H15N2O3+. The third kappa shape index (κ3) is 3.22. The van der Waals surface area contributed by atoms with Gasteiger partial charge in [0.2, 0.25) is 0 Å². The number of aromatic nitrogens is 1. The number of carbonyl (C=O) groups is 1. The molecule has 5 heteroatoms. The highest BCUT2D eigenvalue weighted by atomic mass is 16.3. The van der Waals surface area contributed by atoms with Crippen molar-refractivity contribution in [3.8, 4) is 11.5 Å². The van der Waals surface area contributed by atoms with Crippen LogP contribution in [0.15, 0.2) is 42.7 Å². The van der Waals surface area contributed by atoms with Crippen LogP contribution in [-0.2, 0) is 13.0 Å². The molecule has 0 aliphatic heterocycles. The second-order valence-corrected chi connectivity index (χ2v) is 4.27. The van der Waals surface area contributed by atoms with Crippen molar-refractivity contribution in [2.75, 3.05) is 0 Å². The lowest BCUT2D eigenvalue weighted by molar-refractivity contribution is -0.696. The van der Waals surface area contributed by atoms with Crippen molar-refractivity contribution in [2.45, 2.75) is 13.0 Å². The van der Waals surface area contributed by atoms with E-state index in [4.69, 9.17) is 5.73 Å². The van der Waals surface area contributed by atoms with Crippen LogP contribution in [0.25, 0.3) is 0 Å². The number of hydrogen-bond acceptors (Lipinski definition) is 3. The maximum atomic E-state index is 11.1. The Morgan fingerprint density at radius 2 is 2.00 bits per heavy atom. The Hall–Kier alpha value is -2.56. The molecule has 0 bridgehead atoms. The van der Waals surface area contributed by atoms with E-state index >= 15 is 0 Å². The van der Waals surface area contributed by atoms with E-state index in [1.165, 1.54) is 12.1 Å². The van der Waals surface area contributed by atoms with Gasteiger partial charge in [-0.05, 0) is 23.8 Å². The van der Waals surface area contributed by atoms with Crippen LogP contribution in [0, 0.1) is 0 Å². The zero-order valence-corrected chi connectivity index (χ0v) is 10.3. The first-order valence-corrected chi connectivity index (χ1v) is 5.86. The van der Waals surface area contributed by atoms with Gasteiger partial charge in [-0.25, -0.2) is 4.57 Å². The summed E-state index contributed by atoms with van der Waals surface area (Å²) in [6.07, 6.45) is 4.19. The highest BCUT2D eigenvalue weighted by Crippen LogP contribution is 2.24. The number of phenols is 2. The van der Waals surface area contributed by atoms with Gasteiger partial charge < -0.3 is 15.9 Å². The number of aryl methyl sites for hydroxylation is 2. The minimum atomic E-state index is -0.461. The van der Waals surface area contributed by atoms with Crippen molar-refractivity contribution < 1.29 is 19.6 Å². The zero-order valence-electron chi connectivity index (χ0n) is 10.3. The molecule has 0 saturated carbocycles. The molecule has 1 heterocycles. The van der Waals surface area contributed by atoms with Crippen molar-refractivity contribution in [1.82, 2.24) is 0 Å². The van der Waals surface area contributed by atoms with Gasteiger partial charge in [-0.2, -0.15) is 0 Å². The second kappa shape index (κ2) is 5.39. The zero-order chi connectivity index (χ0) is 13.8. The van der Waals surface area contributed by atoms with Crippen LogP contribution in [0.2, 0.25) is 0 Å². The van der Waals surface area contributed by atoms with Gasteiger partial charge >= 0.3 is 0 Å². The van der Waals surface area contributed by atoms with E-state index in [2.05, 4.69) is 0 Å². The number of nitrogens with zero attached hydrogens (tertiary/aromatic N) is 1. The Balaban J connectivity index is 2.07. The summed E-state index contributed by atoms with van der Waals surface area (Å²) in [5.41, 5.74) is 6.56. The van der Waals surface area contributed by atoms with Crippen LogP contribution in [0.3, 0.4) is 0 Å². The highest BCUT2D eigenvalue weighted by molar-refractivity contribution is 5.92. The second-order valence-electron chi connectivity index (χ2n) is 4.27. The van der Waals surface area contributed by atoms with Gasteiger partial charge in [-0.1, -0.05) is 6.07 Å². The molecule has 0 fully saturated rings. The fraction of sp³-hybridized carbons (Fsp3) is 0.143. The Morgan fingerprint density at radius 1 is 1.21 bits per heavy atom. The number of nitrogens with two attached hydrogens (primary N) is 1. The molecule has 19 heavy (non-hydrogen) atoms. The van der Waals surface area contributed by atoms with Crippen molar-refractivity contribution in [1.29, 1.82) is 0 Å². The van der Waals surface area contributed by atoms with E-state index < -0.39 is 5.91 Å². The van der Waals surface area contributed by atoms with Crippen LogP contribution >= 0.6 is 0 Å². The van der Waals surface area contributed by atoms with Crippen LogP contribution in [0.1, 0.15) is 15.9 Å². The van der Waals surface area contributed by atoms with Crippen LogP contribution < -0.4 is 10.3 Å². The number of pyridine rings is 1. The summed E-state index contributed by atoms with van der Waals surface area (Å²) in [6.45, 7) is 0.644. The molecule has 0 unspecified atom stereocenters. The third-order valence-electron chi connectivity index (χ3n) is 2.84. The van der Waals surface area contributed by atoms with Gasteiger partial charge in [-0.15, -0.1) is 0 Å². The van der Waals surface area contributed by atoms with Gasteiger partial charge in [0.25, 0.3) is 5.91 Å².